The van der Waals surface area contributed by atoms with E-state index in [9.17, 15) is 4.79 Å². The largest absolute Gasteiger partial charge is 0.378 e. The Bertz CT molecular complexity index is 910. The summed E-state index contributed by atoms with van der Waals surface area (Å²) in [6, 6.07) is 12.8. The average Bonchev–Trinajstić information content (AvgIpc) is 2.75. The molecule has 1 amide bonds. The molecule has 2 aromatic rings. The first kappa shape index (κ1) is 20.7. The van der Waals surface area contributed by atoms with Gasteiger partial charge in [-0.15, -0.1) is 0 Å². The van der Waals surface area contributed by atoms with Crippen molar-refractivity contribution in [3.8, 4) is 0 Å². The van der Waals surface area contributed by atoms with Crippen LogP contribution in [0.3, 0.4) is 0 Å². The third-order valence-electron chi connectivity index (χ3n) is 6.40. The third-order valence-corrected chi connectivity index (χ3v) is 6.40. The molecule has 2 aliphatic rings. The maximum Gasteiger partial charge on any atom is 0.224 e. The molecule has 1 saturated heterocycles. The number of anilines is 3. The number of hydrogen-bond acceptors (Lipinski definition) is 5. The second-order valence-corrected chi connectivity index (χ2v) is 8.35. The topological polar surface area (TPSA) is 57.7 Å². The molecule has 0 spiro atoms. The van der Waals surface area contributed by atoms with Gasteiger partial charge in [-0.25, -0.2) is 4.98 Å². The summed E-state index contributed by atoms with van der Waals surface area (Å²) < 4.78 is 5.52. The zero-order valence-corrected chi connectivity index (χ0v) is 18.4. The summed E-state index contributed by atoms with van der Waals surface area (Å²) in [6.45, 7) is 11.4. The fourth-order valence-corrected chi connectivity index (χ4v) is 4.90. The van der Waals surface area contributed by atoms with Crippen LogP contribution in [0.1, 0.15) is 44.5 Å². The summed E-state index contributed by atoms with van der Waals surface area (Å²) in [4.78, 5) is 21.7. The van der Waals surface area contributed by atoms with Gasteiger partial charge in [-0.1, -0.05) is 19.9 Å². The van der Waals surface area contributed by atoms with Crippen LogP contribution >= 0.6 is 0 Å². The van der Waals surface area contributed by atoms with Gasteiger partial charge in [-0.3, -0.25) is 4.79 Å². The van der Waals surface area contributed by atoms with Gasteiger partial charge in [0.05, 0.1) is 19.3 Å². The lowest BCUT2D eigenvalue weighted by Crippen LogP contribution is -2.49. The first-order valence-electron chi connectivity index (χ1n) is 11.0. The van der Waals surface area contributed by atoms with E-state index >= 15 is 0 Å². The van der Waals surface area contributed by atoms with Gasteiger partial charge in [0.15, 0.2) is 0 Å². The highest BCUT2D eigenvalue weighted by atomic mass is 16.5. The molecule has 1 aromatic carbocycles. The van der Waals surface area contributed by atoms with Crippen molar-refractivity contribution >= 4 is 23.1 Å². The number of nitrogens with one attached hydrogen (secondary N) is 1. The summed E-state index contributed by atoms with van der Waals surface area (Å²) in [7, 11) is 0. The third kappa shape index (κ3) is 3.88. The summed E-state index contributed by atoms with van der Waals surface area (Å²) in [5.41, 5.74) is 4.35. The number of hydrogen-bond donors (Lipinski definition) is 1. The van der Waals surface area contributed by atoms with Gasteiger partial charge in [-0.2, -0.15) is 0 Å². The van der Waals surface area contributed by atoms with Crippen molar-refractivity contribution in [2.45, 2.75) is 46.2 Å². The standard InChI is InChI=1S/C24H32N4O2/c1-5-21-17(3)24(26-23-8-6-7-16(2)25-23)20-15-19(27-11-13-30-14-12-27)9-10-22(20)28(21)18(4)29/h6-10,15,17,21,24H,5,11-14H2,1-4H3,(H,25,26)/t17-,21-,24+/m0/s1. The molecular weight excluding hydrogens is 376 g/mol. The Morgan fingerprint density at radius 1 is 1.23 bits per heavy atom. The van der Waals surface area contributed by atoms with E-state index < -0.39 is 0 Å². The lowest BCUT2D eigenvalue weighted by molar-refractivity contribution is -0.117. The van der Waals surface area contributed by atoms with Crippen LogP contribution in [-0.4, -0.2) is 43.2 Å². The average molecular weight is 409 g/mol. The van der Waals surface area contributed by atoms with Gasteiger partial charge in [0, 0.05) is 54.6 Å². The van der Waals surface area contributed by atoms with Crippen LogP contribution in [-0.2, 0) is 9.53 Å². The number of pyridine rings is 1. The fourth-order valence-electron chi connectivity index (χ4n) is 4.90. The molecule has 2 aliphatic heterocycles. The maximum absolute atomic E-state index is 12.6. The molecule has 0 aliphatic carbocycles. The number of aryl methyl sites for hydroxylation is 1. The highest BCUT2D eigenvalue weighted by Crippen LogP contribution is 2.44. The van der Waals surface area contributed by atoms with E-state index in [-0.39, 0.29) is 23.9 Å². The van der Waals surface area contributed by atoms with Crippen LogP contribution in [0.2, 0.25) is 0 Å². The molecule has 0 unspecified atom stereocenters. The van der Waals surface area contributed by atoms with Crippen LogP contribution in [0.15, 0.2) is 36.4 Å². The Morgan fingerprint density at radius 3 is 2.67 bits per heavy atom. The number of morpholine rings is 1. The van der Waals surface area contributed by atoms with E-state index in [0.29, 0.717) is 0 Å². The molecule has 0 bridgehead atoms. The zero-order valence-electron chi connectivity index (χ0n) is 18.4. The number of carbonyl (C=O) groups excluding carboxylic acids is 1. The monoisotopic (exact) mass is 408 g/mol. The highest BCUT2D eigenvalue weighted by molar-refractivity contribution is 5.94. The summed E-state index contributed by atoms with van der Waals surface area (Å²) >= 11 is 0. The number of nitrogens with zero attached hydrogens (tertiary/aromatic N) is 3. The molecule has 160 valence electrons. The molecule has 30 heavy (non-hydrogen) atoms. The van der Waals surface area contributed by atoms with Crippen molar-refractivity contribution in [1.82, 2.24) is 4.98 Å². The van der Waals surface area contributed by atoms with E-state index in [0.717, 1.165) is 55.5 Å². The van der Waals surface area contributed by atoms with Gasteiger partial charge in [0.25, 0.3) is 0 Å². The Morgan fingerprint density at radius 2 is 2.00 bits per heavy atom. The minimum Gasteiger partial charge on any atom is -0.378 e. The first-order valence-corrected chi connectivity index (χ1v) is 11.0. The Labute approximate surface area is 179 Å². The minimum atomic E-state index is 0.0795. The van der Waals surface area contributed by atoms with Crippen molar-refractivity contribution in [2.24, 2.45) is 5.92 Å². The fraction of sp³-hybridized carbons (Fsp3) is 0.500. The van der Waals surface area contributed by atoms with E-state index in [2.05, 4.69) is 47.2 Å². The second-order valence-electron chi connectivity index (χ2n) is 8.35. The number of ether oxygens (including phenoxy) is 1. The van der Waals surface area contributed by atoms with E-state index in [1.54, 1.807) is 6.92 Å². The molecule has 6 nitrogen and oxygen atoms in total. The Balaban J connectivity index is 1.78. The van der Waals surface area contributed by atoms with Gasteiger partial charge >= 0.3 is 0 Å². The predicted molar refractivity (Wildman–Crippen MR) is 121 cm³/mol. The number of benzene rings is 1. The minimum absolute atomic E-state index is 0.0795. The number of rotatable bonds is 4. The number of amides is 1. The number of aromatic nitrogens is 1. The summed E-state index contributed by atoms with van der Waals surface area (Å²) in [5, 5.41) is 3.69. The molecule has 3 heterocycles. The molecule has 0 saturated carbocycles. The highest BCUT2D eigenvalue weighted by Gasteiger charge is 2.40. The van der Waals surface area contributed by atoms with Crippen LogP contribution in [0.25, 0.3) is 0 Å². The molecule has 4 rings (SSSR count). The normalized spacial score (nSPS) is 23.8. The first-order chi connectivity index (χ1) is 14.5. The van der Waals surface area contributed by atoms with Gasteiger partial charge < -0.3 is 19.9 Å². The number of fused-ring (bicyclic) bond motifs is 1. The predicted octanol–water partition coefficient (Wildman–Crippen LogP) is 4.16. The quantitative estimate of drug-likeness (QED) is 0.823. The molecule has 0 radical (unpaired) electrons. The van der Waals surface area contributed by atoms with E-state index in [1.807, 2.05) is 30.0 Å². The van der Waals surface area contributed by atoms with Crippen LogP contribution < -0.4 is 15.1 Å². The molecule has 1 aromatic heterocycles. The smallest absolute Gasteiger partial charge is 0.224 e. The van der Waals surface area contributed by atoms with Crippen molar-refractivity contribution in [3.05, 3.63) is 47.7 Å². The zero-order chi connectivity index (χ0) is 21.3. The maximum atomic E-state index is 12.6. The van der Waals surface area contributed by atoms with Crippen molar-refractivity contribution in [2.75, 3.05) is 41.4 Å². The summed E-state index contributed by atoms with van der Waals surface area (Å²) in [5.74, 6) is 1.22. The van der Waals surface area contributed by atoms with Crippen molar-refractivity contribution < 1.29 is 9.53 Å². The molecule has 3 atom stereocenters. The van der Waals surface area contributed by atoms with Crippen LogP contribution in [0.5, 0.6) is 0 Å². The van der Waals surface area contributed by atoms with Crippen molar-refractivity contribution in [1.29, 1.82) is 0 Å². The van der Waals surface area contributed by atoms with Gasteiger partial charge in [0.2, 0.25) is 5.91 Å². The Hall–Kier alpha value is -2.60. The van der Waals surface area contributed by atoms with Crippen LogP contribution in [0.4, 0.5) is 17.2 Å². The molecular formula is C24H32N4O2. The SMILES string of the molecule is CC[C@H]1[C@H](C)[C@@H](Nc2cccc(C)n2)c2cc(N3CCOCC3)ccc2N1C(C)=O. The Kier molecular flexibility index (Phi) is 5.95. The van der Waals surface area contributed by atoms with Crippen molar-refractivity contribution in [3.63, 3.8) is 0 Å². The lowest BCUT2D eigenvalue weighted by Gasteiger charge is -2.45. The van der Waals surface area contributed by atoms with Crippen LogP contribution in [0, 0.1) is 12.8 Å². The number of carbonyl (C=O) groups is 1. The van der Waals surface area contributed by atoms with E-state index in [1.165, 1.54) is 5.69 Å². The van der Waals surface area contributed by atoms with Gasteiger partial charge in [0.1, 0.15) is 5.82 Å². The molecule has 1 fully saturated rings. The lowest BCUT2D eigenvalue weighted by atomic mass is 9.80. The summed E-state index contributed by atoms with van der Waals surface area (Å²) in [6.07, 6.45) is 0.908. The second kappa shape index (κ2) is 8.64. The molecule has 1 N–H and O–H groups in total. The molecule has 6 heteroatoms. The van der Waals surface area contributed by atoms with E-state index in [4.69, 9.17) is 4.74 Å². The van der Waals surface area contributed by atoms with Gasteiger partial charge in [-0.05, 0) is 43.7 Å².